The summed E-state index contributed by atoms with van der Waals surface area (Å²) >= 11 is 3.12. The molecule has 11 heteroatoms. The summed E-state index contributed by atoms with van der Waals surface area (Å²) in [5, 5.41) is 14.8. The summed E-state index contributed by atoms with van der Waals surface area (Å²) in [6.07, 6.45) is 8.88. The van der Waals surface area contributed by atoms with Gasteiger partial charge in [-0.2, -0.15) is 0 Å². The Morgan fingerprint density at radius 1 is 1.36 bits per heavy atom. The van der Waals surface area contributed by atoms with Crippen LogP contribution >= 0.6 is 23.3 Å². The van der Waals surface area contributed by atoms with Crippen molar-refractivity contribution in [3.63, 3.8) is 0 Å². The maximum Gasteiger partial charge on any atom is 0.316 e. The first kappa shape index (κ1) is 25.7. The first-order valence-electron chi connectivity index (χ1n) is 11.2. The van der Waals surface area contributed by atoms with E-state index in [0.717, 1.165) is 47.4 Å². The van der Waals surface area contributed by atoms with E-state index in [0.29, 0.717) is 24.5 Å². The predicted molar refractivity (Wildman–Crippen MR) is 136 cm³/mol. The Balaban J connectivity index is 1.44. The SMILES string of the molecule is C/C=C\C(C)C(O)c1sc(NC2CCN(Sc3cnc(OCCN(C)C)nc3)CC2)nc1N. The zero-order valence-corrected chi connectivity index (χ0v) is 21.4. The van der Waals surface area contributed by atoms with Crippen LogP contribution in [-0.2, 0) is 0 Å². The number of nitrogen functional groups attached to an aromatic ring is 1. The van der Waals surface area contributed by atoms with E-state index < -0.39 is 6.10 Å². The molecule has 1 aliphatic heterocycles. The van der Waals surface area contributed by atoms with Crippen LogP contribution in [0.25, 0.3) is 0 Å². The number of piperidine rings is 1. The number of rotatable bonds is 11. The lowest BCUT2D eigenvalue weighted by molar-refractivity contribution is 0.144. The molecule has 1 aliphatic rings. The number of aromatic nitrogens is 3. The molecule has 1 saturated heterocycles. The molecule has 3 rings (SSSR count). The molecule has 0 bridgehead atoms. The molecule has 0 aliphatic carbocycles. The highest BCUT2D eigenvalue weighted by atomic mass is 32.2. The highest BCUT2D eigenvalue weighted by Gasteiger charge is 2.24. The van der Waals surface area contributed by atoms with Crippen molar-refractivity contribution >= 4 is 34.2 Å². The van der Waals surface area contributed by atoms with E-state index in [2.05, 4.69) is 29.5 Å². The molecule has 0 saturated carbocycles. The second-order valence-electron chi connectivity index (χ2n) is 8.39. The van der Waals surface area contributed by atoms with E-state index in [-0.39, 0.29) is 5.92 Å². The van der Waals surface area contributed by atoms with Crippen molar-refractivity contribution in [1.29, 1.82) is 0 Å². The Labute approximate surface area is 204 Å². The third-order valence-corrected chi connectivity index (χ3v) is 7.45. The number of hydrogen-bond donors (Lipinski definition) is 3. The molecule has 2 aromatic rings. The van der Waals surface area contributed by atoms with Crippen molar-refractivity contribution in [3.05, 3.63) is 29.4 Å². The molecule has 0 radical (unpaired) electrons. The standard InChI is InChI=1S/C22H35N7O2S2/c1-5-6-15(2)18(30)19-20(23)27-22(32-19)26-16-7-9-29(10-8-16)33-17-13-24-21(25-14-17)31-12-11-28(3)4/h5-6,13-16,18,30H,7-12,23H2,1-4H3,(H,26,27)/b6-5-. The summed E-state index contributed by atoms with van der Waals surface area (Å²) in [6.45, 7) is 7.20. The van der Waals surface area contributed by atoms with Gasteiger partial charge in [-0.1, -0.05) is 30.4 Å². The zero-order valence-electron chi connectivity index (χ0n) is 19.8. The number of nitrogens with two attached hydrogens (primary N) is 1. The molecule has 0 spiro atoms. The molecule has 0 aromatic carbocycles. The Hall–Kier alpha value is -1.92. The van der Waals surface area contributed by atoms with Gasteiger partial charge in [0.15, 0.2) is 5.13 Å². The average Bonchev–Trinajstić information content (AvgIpc) is 3.15. The van der Waals surface area contributed by atoms with E-state index in [4.69, 9.17) is 10.5 Å². The minimum atomic E-state index is -0.639. The van der Waals surface area contributed by atoms with Crippen molar-refractivity contribution in [3.8, 4) is 6.01 Å². The molecule has 0 amide bonds. The number of allylic oxidation sites excluding steroid dienone is 1. The van der Waals surface area contributed by atoms with Crippen molar-refractivity contribution < 1.29 is 9.84 Å². The van der Waals surface area contributed by atoms with Crippen LogP contribution < -0.4 is 15.8 Å². The fraction of sp³-hybridized carbons (Fsp3) is 0.591. The molecular weight excluding hydrogens is 458 g/mol. The molecule has 182 valence electrons. The summed E-state index contributed by atoms with van der Waals surface area (Å²) in [5.74, 6) is 0.405. The quantitative estimate of drug-likeness (QED) is 0.318. The summed E-state index contributed by atoms with van der Waals surface area (Å²) in [4.78, 5) is 16.8. The maximum absolute atomic E-state index is 10.6. The van der Waals surface area contributed by atoms with Gasteiger partial charge in [0.2, 0.25) is 0 Å². The zero-order chi connectivity index (χ0) is 23.8. The Morgan fingerprint density at radius 2 is 2.06 bits per heavy atom. The van der Waals surface area contributed by atoms with Crippen LogP contribution in [0, 0.1) is 5.92 Å². The number of aliphatic hydroxyl groups is 1. The molecule has 4 N–H and O–H groups in total. The largest absolute Gasteiger partial charge is 0.462 e. The lowest BCUT2D eigenvalue weighted by atomic mass is 10.0. The van der Waals surface area contributed by atoms with Gasteiger partial charge in [-0.15, -0.1) is 0 Å². The summed E-state index contributed by atoms with van der Waals surface area (Å²) in [5.41, 5.74) is 6.08. The maximum atomic E-state index is 10.6. The van der Waals surface area contributed by atoms with Crippen molar-refractivity contribution in [2.45, 2.75) is 43.7 Å². The molecule has 3 heterocycles. The fourth-order valence-corrected chi connectivity index (χ4v) is 5.38. The van der Waals surface area contributed by atoms with Crippen molar-refractivity contribution in [2.24, 2.45) is 5.92 Å². The number of thiazole rings is 1. The third-order valence-electron chi connectivity index (χ3n) is 5.33. The van der Waals surface area contributed by atoms with Gasteiger partial charge in [-0.05, 0) is 45.8 Å². The number of likely N-dealkylation sites (N-methyl/N-ethyl adjacent to an activating group) is 1. The Bertz CT molecular complexity index is 883. The van der Waals surface area contributed by atoms with Crippen LogP contribution in [0.1, 0.15) is 37.7 Å². The smallest absolute Gasteiger partial charge is 0.316 e. The topological polar surface area (TPSA) is 113 Å². The van der Waals surface area contributed by atoms with Crippen molar-refractivity contribution in [1.82, 2.24) is 24.2 Å². The molecular formula is C22H35N7O2S2. The van der Waals surface area contributed by atoms with Gasteiger partial charge in [-0.25, -0.2) is 19.3 Å². The number of hydrogen-bond acceptors (Lipinski definition) is 11. The molecule has 9 nitrogen and oxygen atoms in total. The lowest BCUT2D eigenvalue weighted by Gasteiger charge is -2.31. The second kappa shape index (κ2) is 12.5. The first-order chi connectivity index (χ1) is 15.9. The second-order valence-corrected chi connectivity index (χ2v) is 10.6. The fourth-order valence-electron chi connectivity index (χ4n) is 3.43. The number of nitrogens with zero attached hydrogens (tertiary/aromatic N) is 5. The third kappa shape index (κ3) is 7.82. The number of nitrogens with one attached hydrogen (secondary N) is 1. The number of anilines is 2. The molecule has 2 unspecified atom stereocenters. The van der Waals surface area contributed by atoms with E-state index in [1.165, 1.54) is 11.3 Å². The molecule has 33 heavy (non-hydrogen) atoms. The first-order valence-corrected chi connectivity index (χ1v) is 12.8. The van der Waals surface area contributed by atoms with Crippen molar-refractivity contribution in [2.75, 3.05) is 51.4 Å². The highest BCUT2D eigenvalue weighted by Crippen LogP contribution is 2.36. The normalized spacial score (nSPS) is 17.5. The van der Waals surface area contributed by atoms with Crippen LogP contribution in [0.15, 0.2) is 29.4 Å². The summed E-state index contributed by atoms with van der Waals surface area (Å²) in [6, 6.07) is 0.741. The lowest BCUT2D eigenvalue weighted by Crippen LogP contribution is -2.35. The minimum absolute atomic E-state index is 0.00600. The highest BCUT2D eigenvalue weighted by molar-refractivity contribution is 7.97. The number of aliphatic hydroxyl groups excluding tert-OH is 1. The summed E-state index contributed by atoms with van der Waals surface area (Å²) < 4.78 is 7.88. The predicted octanol–water partition coefficient (Wildman–Crippen LogP) is 3.28. The van der Waals surface area contributed by atoms with Crippen LogP contribution in [0.5, 0.6) is 6.01 Å². The van der Waals surface area contributed by atoms with E-state index in [1.807, 2.05) is 52.5 Å². The van der Waals surface area contributed by atoms with E-state index in [1.54, 1.807) is 11.9 Å². The van der Waals surface area contributed by atoms with Gasteiger partial charge >= 0.3 is 6.01 Å². The van der Waals surface area contributed by atoms with Crippen LogP contribution in [0.4, 0.5) is 10.9 Å². The van der Waals surface area contributed by atoms with Crippen LogP contribution in [0.3, 0.4) is 0 Å². The van der Waals surface area contributed by atoms with Gasteiger partial charge in [0.25, 0.3) is 0 Å². The average molecular weight is 494 g/mol. The van der Waals surface area contributed by atoms with E-state index in [9.17, 15) is 5.11 Å². The van der Waals surface area contributed by atoms with Gasteiger partial charge < -0.3 is 25.8 Å². The Kier molecular flexibility index (Phi) is 9.75. The summed E-state index contributed by atoms with van der Waals surface area (Å²) in [7, 11) is 4.01. The van der Waals surface area contributed by atoms with Gasteiger partial charge in [0, 0.05) is 44.0 Å². The van der Waals surface area contributed by atoms with Gasteiger partial charge in [-0.3, -0.25) is 0 Å². The van der Waals surface area contributed by atoms with Crippen LogP contribution in [0.2, 0.25) is 0 Å². The monoisotopic (exact) mass is 493 g/mol. The van der Waals surface area contributed by atoms with Gasteiger partial charge in [0.1, 0.15) is 12.4 Å². The van der Waals surface area contributed by atoms with E-state index >= 15 is 0 Å². The Morgan fingerprint density at radius 3 is 2.70 bits per heavy atom. The van der Waals surface area contributed by atoms with Crippen LogP contribution in [-0.4, -0.2) is 75.6 Å². The molecule has 2 atom stereocenters. The van der Waals surface area contributed by atoms with Gasteiger partial charge in [0.05, 0.1) is 15.9 Å². The number of ether oxygens (including phenoxy) is 1. The molecule has 2 aromatic heterocycles. The minimum Gasteiger partial charge on any atom is -0.462 e. The molecule has 1 fully saturated rings.